The average molecular weight is 253 g/mol. The highest BCUT2D eigenvalue weighted by molar-refractivity contribution is 7.94. The highest BCUT2D eigenvalue weighted by Gasteiger charge is 2.21. The monoisotopic (exact) mass is 253 g/mol. The molecule has 0 saturated carbocycles. The molecule has 1 atom stereocenters. The van der Waals surface area contributed by atoms with Crippen LogP contribution in [0, 0.1) is 0 Å². The number of hydrogen-bond acceptors (Lipinski definition) is 5. The lowest BCUT2D eigenvalue weighted by atomic mass is 10.2. The predicted octanol–water partition coefficient (Wildman–Crippen LogP) is 1.15. The summed E-state index contributed by atoms with van der Waals surface area (Å²) in [7, 11) is -3.02. The predicted molar refractivity (Wildman–Crippen MR) is 66.4 cm³/mol. The molecule has 0 aliphatic carbocycles. The molecule has 1 aromatic heterocycles. The number of nitrogens with one attached hydrogen (secondary N) is 1. The van der Waals surface area contributed by atoms with Crippen LogP contribution in [0.4, 0.5) is 5.82 Å². The normalized spacial score (nSPS) is 21.6. The van der Waals surface area contributed by atoms with E-state index < -0.39 is 9.84 Å². The Kier molecular flexibility index (Phi) is 3.42. The molecule has 92 valence electrons. The molecule has 0 spiro atoms. The van der Waals surface area contributed by atoms with Gasteiger partial charge in [0.15, 0.2) is 9.84 Å². The maximum absolute atomic E-state index is 11.2. The molecule has 2 heterocycles. The zero-order valence-corrected chi connectivity index (χ0v) is 10.4. The zero-order chi connectivity index (χ0) is 12.3. The van der Waals surface area contributed by atoms with Gasteiger partial charge in [-0.2, -0.15) is 0 Å². The minimum Gasteiger partial charge on any atom is -0.363 e. The number of hydrogen-bond donors (Lipinski definition) is 1. The van der Waals surface area contributed by atoms with Crippen LogP contribution in [0.15, 0.2) is 23.9 Å². The van der Waals surface area contributed by atoms with Crippen LogP contribution in [0.3, 0.4) is 0 Å². The van der Waals surface area contributed by atoms with Crippen molar-refractivity contribution >= 4 is 15.7 Å². The van der Waals surface area contributed by atoms with Crippen molar-refractivity contribution < 1.29 is 8.42 Å². The lowest BCUT2D eigenvalue weighted by Gasteiger charge is -2.10. The van der Waals surface area contributed by atoms with E-state index in [2.05, 4.69) is 22.2 Å². The summed E-state index contributed by atoms with van der Waals surface area (Å²) in [6, 6.07) is 1.67. The van der Waals surface area contributed by atoms with Crippen molar-refractivity contribution in [3.8, 4) is 0 Å². The van der Waals surface area contributed by atoms with Gasteiger partial charge in [0, 0.05) is 17.2 Å². The molecule has 5 nitrogen and oxygen atoms in total. The van der Waals surface area contributed by atoms with Gasteiger partial charge < -0.3 is 5.32 Å². The van der Waals surface area contributed by atoms with Crippen molar-refractivity contribution in [2.24, 2.45) is 0 Å². The number of aryl methyl sites for hydroxylation is 1. The largest absolute Gasteiger partial charge is 0.363 e. The van der Waals surface area contributed by atoms with Crippen molar-refractivity contribution in [1.29, 1.82) is 0 Å². The van der Waals surface area contributed by atoms with Gasteiger partial charge in [0.25, 0.3) is 0 Å². The zero-order valence-electron chi connectivity index (χ0n) is 9.63. The molecule has 17 heavy (non-hydrogen) atoms. The van der Waals surface area contributed by atoms with Crippen LogP contribution in [0.1, 0.15) is 19.0 Å². The Morgan fingerprint density at radius 1 is 1.47 bits per heavy atom. The van der Waals surface area contributed by atoms with E-state index in [1.54, 1.807) is 6.08 Å². The molecule has 0 saturated heterocycles. The van der Waals surface area contributed by atoms with Crippen LogP contribution in [-0.4, -0.2) is 30.2 Å². The topological polar surface area (TPSA) is 72.0 Å². The summed E-state index contributed by atoms with van der Waals surface area (Å²) in [6.45, 7) is 2.08. The summed E-state index contributed by atoms with van der Waals surface area (Å²) >= 11 is 0. The lowest BCUT2D eigenvalue weighted by Crippen LogP contribution is -2.21. The maximum Gasteiger partial charge on any atom is 0.173 e. The molecule has 0 fully saturated rings. The second-order valence-corrected chi connectivity index (χ2v) is 5.98. The van der Waals surface area contributed by atoms with Gasteiger partial charge in [0.05, 0.1) is 11.8 Å². The quantitative estimate of drug-likeness (QED) is 0.871. The van der Waals surface area contributed by atoms with Gasteiger partial charge in [-0.1, -0.05) is 13.3 Å². The summed E-state index contributed by atoms with van der Waals surface area (Å²) in [4.78, 5) is 8.23. The molecule has 0 radical (unpaired) electrons. The van der Waals surface area contributed by atoms with Gasteiger partial charge in [0.2, 0.25) is 0 Å². The van der Waals surface area contributed by atoms with E-state index >= 15 is 0 Å². The Balaban J connectivity index is 2.05. The third-order valence-corrected chi connectivity index (χ3v) is 3.89. The number of nitrogens with zero attached hydrogens (tertiary/aromatic N) is 2. The van der Waals surface area contributed by atoms with Crippen molar-refractivity contribution in [3.63, 3.8) is 0 Å². The first-order chi connectivity index (χ1) is 8.09. The molecular formula is C11H15N3O2S. The Bertz CT molecular complexity index is 525. The minimum absolute atomic E-state index is 0.0973. The average Bonchev–Trinajstić information content (AvgIpc) is 2.59. The van der Waals surface area contributed by atoms with Crippen LogP contribution in [0.2, 0.25) is 0 Å². The van der Waals surface area contributed by atoms with Crippen LogP contribution in [0.25, 0.3) is 0 Å². The van der Waals surface area contributed by atoms with Crippen molar-refractivity contribution in [2.75, 3.05) is 11.1 Å². The lowest BCUT2D eigenvalue weighted by molar-refractivity contribution is 0.605. The fourth-order valence-corrected chi connectivity index (χ4v) is 2.96. The smallest absolute Gasteiger partial charge is 0.173 e. The summed E-state index contributed by atoms with van der Waals surface area (Å²) in [5.74, 6) is 0.773. The summed E-state index contributed by atoms with van der Waals surface area (Å²) < 4.78 is 22.5. The van der Waals surface area contributed by atoms with Gasteiger partial charge in [-0.15, -0.1) is 0 Å². The van der Waals surface area contributed by atoms with E-state index in [4.69, 9.17) is 0 Å². The van der Waals surface area contributed by atoms with E-state index in [1.807, 2.05) is 6.07 Å². The Morgan fingerprint density at radius 3 is 2.94 bits per heavy atom. The van der Waals surface area contributed by atoms with E-state index in [9.17, 15) is 8.42 Å². The third kappa shape index (κ3) is 3.26. The maximum atomic E-state index is 11.2. The molecule has 1 aliphatic rings. The Morgan fingerprint density at radius 2 is 2.29 bits per heavy atom. The second-order valence-electron chi connectivity index (χ2n) is 4.05. The van der Waals surface area contributed by atoms with E-state index in [1.165, 1.54) is 11.7 Å². The number of rotatable bonds is 4. The molecule has 6 heteroatoms. The van der Waals surface area contributed by atoms with Crippen LogP contribution in [-0.2, 0) is 16.3 Å². The van der Waals surface area contributed by atoms with Gasteiger partial charge in [-0.3, -0.25) is 0 Å². The molecule has 0 aromatic carbocycles. The Hall–Kier alpha value is -1.43. The number of anilines is 1. The Labute approximate surface area is 101 Å². The molecule has 1 aromatic rings. The van der Waals surface area contributed by atoms with E-state index in [-0.39, 0.29) is 11.8 Å². The minimum atomic E-state index is -3.02. The van der Waals surface area contributed by atoms with Crippen molar-refractivity contribution in [3.05, 3.63) is 29.6 Å². The standard InChI is InChI=1S/C11H15N3O2S/c1-2-3-9-6-11(13-8-12-9)14-10-4-5-17(15,16)7-10/h4-6,8,10H,2-3,7H2,1H3,(H,12,13,14). The van der Waals surface area contributed by atoms with Crippen molar-refractivity contribution in [1.82, 2.24) is 9.97 Å². The van der Waals surface area contributed by atoms with Gasteiger partial charge in [-0.05, 0) is 12.5 Å². The summed E-state index contributed by atoms with van der Waals surface area (Å²) in [6.07, 6.45) is 5.07. The van der Waals surface area contributed by atoms with E-state index in [0.29, 0.717) is 5.82 Å². The number of sulfone groups is 1. The second kappa shape index (κ2) is 4.83. The highest BCUT2D eigenvalue weighted by atomic mass is 32.2. The highest BCUT2D eigenvalue weighted by Crippen LogP contribution is 2.14. The summed E-state index contributed by atoms with van der Waals surface area (Å²) in [5, 5.41) is 4.33. The molecule has 0 bridgehead atoms. The molecule has 1 aliphatic heterocycles. The first-order valence-electron chi connectivity index (χ1n) is 5.57. The summed E-state index contributed by atoms with van der Waals surface area (Å²) in [5.41, 5.74) is 0.967. The molecule has 1 N–H and O–H groups in total. The molecule has 1 unspecified atom stereocenters. The van der Waals surface area contributed by atoms with Crippen LogP contribution < -0.4 is 5.32 Å². The van der Waals surface area contributed by atoms with Crippen LogP contribution in [0.5, 0.6) is 0 Å². The van der Waals surface area contributed by atoms with E-state index in [0.717, 1.165) is 18.5 Å². The van der Waals surface area contributed by atoms with Gasteiger partial charge in [0.1, 0.15) is 12.1 Å². The first-order valence-corrected chi connectivity index (χ1v) is 7.29. The van der Waals surface area contributed by atoms with Gasteiger partial charge in [-0.25, -0.2) is 18.4 Å². The fraction of sp³-hybridized carbons (Fsp3) is 0.455. The van der Waals surface area contributed by atoms with Gasteiger partial charge >= 0.3 is 0 Å². The molecule has 2 rings (SSSR count). The first kappa shape index (κ1) is 12.0. The number of aromatic nitrogens is 2. The SMILES string of the molecule is CCCc1cc(NC2C=CS(=O)(=O)C2)ncn1. The third-order valence-electron chi connectivity index (χ3n) is 2.49. The van der Waals surface area contributed by atoms with Crippen LogP contribution >= 0.6 is 0 Å². The molecule has 0 amide bonds. The molecular weight excluding hydrogens is 238 g/mol. The fourth-order valence-electron chi connectivity index (χ4n) is 1.73. The van der Waals surface area contributed by atoms with Crippen molar-refractivity contribution in [2.45, 2.75) is 25.8 Å².